The van der Waals surface area contributed by atoms with Gasteiger partial charge in [0.15, 0.2) is 0 Å². The highest BCUT2D eigenvalue weighted by atomic mass is 16.5. The largest absolute Gasteiger partial charge is 0.462 e. The van der Waals surface area contributed by atoms with Crippen LogP contribution in [0.2, 0.25) is 0 Å². The summed E-state index contributed by atoms with van der Waals surface area (Å²) >= 11 is 0. The van der Waals surface area contributed by atoms with Crippen LogP contribution in [-0.4, -0.2) is 66.0 Å². The van der Waals surface area contributed by atoms with Crippen LogP contribution in [-0.2, 0) is 30.5 Å². The molecule has 7 nitrogen and oxygen atoms in total. The number of hydrogen-bond acceptors (Lipinski definition) is 6. The summed E-state index contributed by atoms with van der Waals surface area (Å²) in [5, 5.41) is 0. The number of nitrogens with zero attached hydrogens (tertiary/aromatic N) is 2. The maximum atomic E-state index is 15.4. The maximum absolute atomic E-state index is 15.4. The molecular weight excluding hydrogens is 757 g/mol. The third kappa shape index (κ3) is 6.66. The van der Waals surface area contributed by atoms with E-state index in [4.69, 9.17) is 9.47 Å². The lowest BCUT2D eigenvalue weighted by Crippen LogP contribution is -2.67. The van der Waals surface area contributed by atoms with Gasteiger partial charge in [-0.15, -0.1) is 0 Å². The van der Waals surface area contributed by atoms with Crippen LogP contribution in [0, 0.1) is 73.9 Å². The van der Waals surface area contributed by atoms with E-state index in [1.165, 1.54) is 50.8 Å². The first-order chi connectivity index (χ1) is 28.9. The average Bonchev–Trinajstić information content (AvgIpc) is 4.00. The summed E-state index contributed by atoms with van der Waals surface area (Å²) in [6.45, 7) is 28.4. The Morgan fingerprint density at radius 2 is 1.44 bits per heavy atom. The normalized spacial score (nSPS) is 43.5. The van der Waals surface area contributed by atoms with Gasteiger partial charge in [0.2, 0.25) is 5.91 Å². The number of fused-ring (bicyclic) bond motifs is 7. The number of benzene rings is 1. The molecule has 0 unspecified atom stereocenters. The predicted molar refractivity (Wildman–Crippen MR) is 241 cm³/mol. The Labute approximate surface area is 368 Å². The molecule has 2 aliphatic heterocycles. The van der Waals surface area contributed by atoms with Crippen molar-refractivity contribution in [2.45, 2.75) is 170 Å². The van der Waals surface area contributed by atoms with Crippen LogP contribution in [0.5, 0.6) is 0 Å². The van der Waals surface area contributed by atoms with Crippen molar-refractivity contribution >= 4 is 17.8 Å². The summed E-state index contributed by atoms with van der Waals surface area (Å²) in [7, 11) is 0. The molecule has 9 rings (SSSR count). The zero-order chi connectivity index (χ0) is 43.3. The zero-order valence-corrected chi connectivity index (χ0v) is 39.4. The van der Waals surface area contributed by atoms with E-state index in [2.05, 4.69) is 57.9 Å². The number of amides is 1. The van der Waals surface area contributed by atoms with Crippen LogP contribution in [0.3, 0.4) is 0 Å². The van der Waals surface area contributed by atoms with Crippen molar-refractivity contribution < 1.29 is 23.9 Å². The van der Waals surface area contributed by atoms with Crippen molar-refractivity contribution in [1.82, 2.24) is 9.80 Å². The van der Waals surface area contributed by atoms with Crippen molar-refractivity contribution in [2.75, 3.05) is 26.2 Å². The third-order valence-electron chi connectivity index (χ3n) is 21.1. The maximum Gasteiger partial charge on any atom is 0.309 e. The van der Waals surface area contributed by atoms with Gasteiger partial charge in [-0.25, -0.2) is 0 Å². The number of likely N-dealkylation sites (tertiary alicyclic amines) is 2. The second-order valence-electron chi connectivity index (χ2n) is 24.2. The summed E-state index contributed by atoms with van der Waals surface area (Å²) in [5.74, 6) is 1.97. The second-order valence-corrected chi connectivity index (χ2v) is 24.2. The van der Waals surface area contributed by atoms with Gasteiger partial charge in [0.1, 0.15) is 12.7 Å². The Morgan fingerprint density at radius 1 is 0.721 bits per heavy atom. The van der Waals surface area contributed by atoms with Gasteiger partial charge in [-0.05, 0) is 173 Å². The molecule has 0 radical (unpaired) electrons. The Bertz CT molecular complexity index is 1870. The van der Waals surface area contributed by atoms with E-state index in [0.717, 1.165) is 76.4 Å². The van der Waals surface area contributed by atoms with Gasteiger partial charge in [-0.1, -0.05) is 91.0 Å². The lowest BCUT2D eigenvalue weighted by molar-refractivity contribution is -0.251. The summed E-state index contributed by atoms with van der Waals surface area (Å²) in [4.78, 5) is 47.7. The number of esters is 2. The Kier molecular flexibility index (Phi) is 11.1. The fourth-order valence-electron chi connectivity index (χ4n) is 17.3. The van der Waals surface area contributed by atoms with E-state index in [1.54, 1.807) is 0 Å². The molecule has 0 spiro atoms. The molecule has 1 aromatic rings. The van der Waals surface area contributed by atoms with E-state index in [9.17, 15) is 9.59 Å². The van der Waals surface area contributed by atoms with Crippen molar-refractivity contribution in [1.29, 1.82) is 0 Å². The van der Waals surface area contributed by atoms with Crippen LogP contribution in [0.15, 0.2) is 42.5 Å². The lowest BCUT2D eigenvalue weighted by atomic mass is 9.32. The van der Waals surface area contributed by atoms with Gasteiger partial charge in [-0.2, -0.15) is 0 Å². The quantitative estimate of drug-likeness (QED) is 0.182. The summed E-state index contributed by atoms with van der Waals surface area (Å²) in [5.41, 5.74) is 1.87. The molecule has 61 heavy (non-hydrogen) atoms. The smallest absolute Gasteiger partial charge is 0.309 e. The van der Waals surface area contributed by atoms with Crippen LogP contribution in [0.25, 0.3) is 0 Å². The number of rotatable bonds is 9. The number of carbonyl (C=O) groups excluding carboxylic acids is 3. The van der Waals surface area contributed by atoms with Gasteiger partial charge in [0.25, 0.3) is 0 Å². The number of carbonyl (C=O) groups is 3. The molecule has 6 saturated carbocycles. The van der Waals surface area contributed by atoms with Crippen molar-refractivity contribution in [3.05, 3.63) is 48.0 Å². The van der Waals surface area contributed by atoms with Crippen molar-refractivity contribution in [3.63, 3.8) is 0 Å². The highest BCUT2D eigenvalue weighted by Crippen LogP contribution is 2.78. The van der Waals surface area contributed by atoms with Crippen LogP contribution in [0.4, 0.5) is 0 Å². The zero-order valence-electron chi connectivity index (χ0n) is 39.4. The van der Waals surface area contributed by atoms with E-state index in [-0.39, 0.29) is 63.6 Å². The third-order valence-corrected chi connectivity index (χ3v) is 21.1. The molecule has 13 atom stereocenters. The molecule has 336 valence electrons. The molecule has 8 aliphatic rings. The lowest BCUT2D eigenvalue weighted by Gasteiger charge is -2.73. The Balaban J connectivity index is 0.899. The van der Waals surface area contributed by atoms with Crippen molar-refractivity contribution in [2.24, 2.45) is 73.9 Å². The van der Waals surface area contributed by atoms with Gasteiger partial charge >= 0.3 is 11.9 Å². The monoisotopic (exact) mass is 837 g/mol. The fourth-order valence-corrected chi connectivity index (χ4v) is 17.3. The van der Waals surface area contributed by atoms with Gasteiger partial charge in [0.05, 0.1) is 17.3 Å². The highest BCUT2D eigenvalue weighted by molar-refractivity contribution is 5.85. The molecule has 1 amide bonds. The standard InChI is InChI=1S/C54H80N2O5/c1-35(2)38-21-26-54(48(59)56-31-15-18-37(56)33-55-29-13-14-30-55)28-27-52(8)39(45(38)54)19-20-43-51(7)24-23-44(50(5,6)42(51)22-25-53(43,52)9)61-47(58)41-32-40(49(41,3)4)46(57)60-34-36-16-11-10-12-17-36/h10-12,16-17,37-45H,1,13-15,18-34H2,2-9H3/t37-,38-,39+,40-,41+,42-,43+,44-,45+,51-,52+,53+,54-/m0/s1. The highest BCUT2D eigenvalue weighted by Gasteiger charge is 2.72. The predicted octanol–water partition coefficient (Wildman–Crippen LogP) is 11.0. The molecule has 8 fully saturated rings. The molecule has 0 aromatic heterocycles. The molecule has 7 heteroatoms. The minimum Gasteiger partial charge on any atom is -0.462 e. The average molecular weight is 837 g/mol. The van der Waals surface area contributed by atoms with E-state index < -0.39 is 5.41 Å². The summed E-state index contributed by atoms with van der Waals surface area (Å²) in [6.07, 6.45) is 16.4. The second kappa shape index (κ2) is 15.5. The molecule has 2 heterocycles. The van der Waals surface area contributed by atoms with Gasteiger partial charge in [0, 0.05) is 24.5 Å². The minimum absolute atomic E-state index is 0.132. The first-order valence-corrected chi connectivity index (χ1v) is 25.0. The fraction of sp³-hybridized carbons (Fsp3) is 0.796. The molecule has 0 bridgehead atoms. The van der Waals surface area contributed by atoms with Gasteiger partial charge < -0.3 is 19.3 Å². The van der Waals surface area contributed by atoms with E-state index in [0.29, 0.717) is 48.0 Å². The molecule has 2 saturated heterocycles. The molecule has 6 aliphatic carbocycles. The van der Waals surface area contributed by atoms with E-state index in [1.807, 2.05) is 44.2 Å². The van der Waals surface area contributed by atoms with Crippen LogP contribution < -0.4 is 0 Å². The molecule has 0 N–H and O–H groups in total. The Morgan fingerprint density at radius 3 is 2.15 bits per heavy atom. The summed E-state index contributed by atoms with van der Waals surface area (Å²) in [6, 6.07) is 10.2. The number of hydrogen-bond donors (Lipinski definition) is 0. The number of allylic oxidation sites excluding steroid dienone is 1. The van der Waals surface area contributed by atoms with Crippen LogP contribution >= 0.6 is 0 Å². The first kappa shape index (κ1) is 43.6. The SMILES string of the molecule is C=C(C)[C@@H]1CC[C@]2(C(=O)N3CCC[C@H]3CN3CCCC3)CC[C@]3(C)[C@H](CC[C@@H]4[C@@]5(C)CC[C@H](OC(=O)[C@H]6C[C@@H](C(=O)OCc7ccccc7)C6(C)C)C(C)(C)[C@@H]5CC[C@]43C)[C@@H]12. The first-order valence-electron chi connectivity index (χ1n) is 25.0. The van der Waals surface area contributed by atoms with Crippen LogP contribution in [0.1, 0.15) is 157 Å². The number of ether oxygens (including phenoxy) is 2. The molecular formula is C54H80N2O5. The Hall–Kier alpha value is -2.67. The topological polar surface area (TPSA) is 76.2 Å². The van der Waals surface area contributed by atoms with E-state index >= 15 is 4.79 Å². The summed E-state index contributed by atoms with van der Waals surface area (Å²) < 4.78 is 12.4. The van der Waals surface area contributed by atoms with Gasteiger partial charge in [-0.3, -0.25) is 14.4 Å². The van der Waals surface area contributed by atoms with Crippen molar-refractivity contribution in [3.8, 4) is 0 Å². The minimum atomic E-state index is -0.507. The molecule has 1 aromatic carbocycles.